The zero-order chi connectivity index (χ0) is 18.2. The van der Waals surface area contributed by atoms with Crippen LogP contribution in [0.2, 0.25) is 5.02 Å². The Morgan fingerprint density at radius 1 is 1.20 bits per heavy atom. The molecule has 130 valence electrons. The van der Waals surface area contributed by atoms with Gasteiger partial charge in [-0.1, -0.05) is 23.7 Å². The van der Waals surface area contributed by atoms with Gasteiger partial charge in [-0.25, -0.2) is 12.8 Å². The Labute approximate surface area is 150 Å². The van der Waals surface area contributed by atoms with Gasteiger partial charge in [-0.15, -0.1) is 0 Å². The Bertz CT molecular complexity index is 922. The van der Waals surface area contributed by atoms with Crippen molar-refractivity contribution in [3.63, 3.8) is 0 Å². The smallest absolute Gasteiger partial charge is 0.183 e. The molecule has 0 bridgehead atoms. The minimum Gasteiger partial charge on any atom is -0.383 e. The van der Waals surface area contributed by atoms with E-state index in [1.54, 1.807) is 0 Å². The number of nitrogens with zero attached hydrogens (tertiary/aromatic N) is 1. The van der Waals surface area contributed by atoms with E-state index >= 15 is 0 Å². The standard InChI is InChI=1S/C18H15ClFNO3S/c1-24-11-18(10-21)16(12-2-6-14(20)7-3-12)17(18)25(22,23)15-8-4-13(19)5-9-15/h2-9,16-17H,11H2,1H3/t16-,17+,18+/m0/s1. The van der Waals surface area contributed by atoms with Crippen molar-refractivity contribution in [2.24, 2.45) is 5.41 Å². The first-order valence-electron chi connectivity index (χ1n) is 7.52. The summed E-state index contributed by atoms with van der Waals surface area (Å²) in [5, 5.41) is 9.17. The van der Waals surface area contributed by atoms with Gasteiger partial charge < -0.3 is 4.74 Å². The van der Waals surface area contributed by atoms with E-state index < -0.39 is 32.2 Å². The molecule has 4 nitrogen and oxygen atoms in total. The van der Waals surface area contributed by atoms with Crippen LogP contribution in [-0.2, 0) is 14.6 Å². The van der Waals surface area contributed by atoms with E-state index in [0.29, 0.717) is 10.6 Å². The minimum atomic E-state index is -3.79. The number of methoxy groups -OCH3 is 1. The molecule has 2 aromatic rings. The quantitative estimate of drug-likeness (QED) is 0.796. The van der Waals surface area contributed by atoms with Crippen molar-refractivity contribution in [2.75, 3.05) is 13.7 Å². The first-order valence-corrected chi connectivity index (χ1v) is 9.44. The first-order chi connectivity index (χ1) is 11.9. The minimum absolute atomic E-state index is 0.0248. The van der Waals surface area contributed by atoms with Crippen molar-refractivity contribution in [2.45, 2.75) is 16.1 Å². The normalized spacial score (nSPS) is 25.4. The Kier molecular flexibility index (Phi) is 4.58. The van der Waals surface area contributed by atoms with Gasteiger partial charge in [0.25, 0.3) is 0 Å². The van der Waals surface area contributed by atoms with Gasteiger partial charge in [-0.05, 0) is 42.0 Å². The molecule has 1 aliphatic rings. The largest absolute Gasteiger partial charge is 0.383 e. The third kappa shape index (κ3) is 2.93. The molecule has 25 heavy (non-hydrogen) atoms. The zero-order valence-corrected chi connectivity index (χ0v) is 14.9. The molecule has 1 aliphatic carbocycles. The molecular formula is C18H15ClFNO3S. The Morgan fingerprint density at radius 3 is 2.32 bits per heavy atom. The molecular weight excluding hydrogens is 365 g/mol. The molecule has 0 saturated heterocycles. The molecule has 1 saturated carbocycles. The lowest BCUT2D eigenvalue weighted by Crippen LogP contribution is -2.19. The van der Waals surface area contributed by atoms with Crippen LogP contribution >= 0.6 is 11.6 Å². The second-order valence-corrected chi connectivity index (χ2v) is 8.54. The lowest BCUT2D eigenvalue weighted by molar-refractivity contribution is 0.162. The van der Waals surface area contributed by atoms with Gasteiger partial charge in [0.2, 0.25) is 0 Å². The lowest BCUT2D eigenvalue weighted by Gasteiger charge is -2.08. The van der Waals surface area contributed by atoms with Gasteiger partial charge in [-0.2, -0.15) is 5.26 Å². The Balaban J connectivity index is 2.07. The molecule has 0 unspecified atom stereocenters. The summed E-state index contributed by atoms with van der Waals surface area (Å²) in [5.41, 5.74) is -0.604. The van der Waals surface area contributed by atoms with Crippen molar-refractivity contribution < 1.29 is 17.5 Å². The molecule has 0 amide bonds. The SMILES string of the molecule is COC[C@@]1(C#N)[C@H](S(=O)(=O)c2ccc(Cl)cc2)[C@@H]1c1ccc(F)cc1. The summed E-state index contributed by atoms with van der Waals surface area (Å²) in [6.07, 6.45) is 0. The highest BCUT2D eigenvalue weighted by Gasteiger charge is 2.72. The predicted octanol–water partition coefficient (Wildman–Crippen LogP) is 3.58. The average Bonchev–Trinajstić information content (AvgIpc) is 3.26. The summed E-state index contributed by atoms with van der Waals surface area (Å²) in [4.78, 5) is 0.0993. The van der Waals surface area contributed by atoms with E-state index in [-0.39, 0.29) is 11.5 Å². The van der Waals surface area contributed by atoms with Gasteiger partial charge in [0.05, 0.1) is 22.8 Å². The van der Waals surface area contributed by atoms with Crippen LogP contribution in [0.1, 0.15) is 11.5 Å². The number of ether oxygens (including phenoxy) is 1. The second kappa shape index (κ2) is 6.41. The van der Waals surface area contributed by atoms with Gasteiger partial charge in [-0.3, -0.25) is 0 Å². The van der Waals surface area contributed by atoms with Gasteiger partial charge in [0.1, 0.15) is 11.2 Å². The molecule has 0 spiro atoms. The summed E-state index contributed by atoms with van der Waals surface area (Å²) in [7, 11) is -2.37. The third-order valence-electron chi connectivity index (χ3n) is 4.55. The van der Waals surface area contributed by atoms with Crippen LogP contribution in [-0.4, -0.2) is 27.4 Å². The first kappa shape index (κ1) is 17.9. The van der Waals surface area contributed by atoms with Crippen LogP contribution in [0, 0.1) is 22.6 Å². The van der Waals surface area contributed by atoms with Gasteiger partial charge in [0.15, 0.2) is 9.84 Å². The molecule has 3 rings (SSSR count). The second-order valence-electron chi connectivity index (χ2n) is 6.03. The van der Waals surface area contributed by atoms with Gasteiger partial charge >= 0.3 is 0 Å². The molecule has 2 aromatic carbocycles. The topological polar surface area (TPSA) is 67.2 Å². The van der Waals surface area contributed by atoms with Crippen molar-refractivity contribution in [3.8, 4) is 6.07 Å². The summed E-state index contributed by atoms with van der Waals surface area (Å²) < 4.78 is 44.5. The molecule has 7 heteroatoms. The summed E-state index contributed by atoms with van der Waals surface area (Å²) in [5.74, 6) is -1.01. The Morgan fingerprint density at radius 2 is 1.80 bits per heavy atom. The number of benzene rings is 2. The number of hydrogen-bond donors (Lipinski definition) is 0. The van der Waals surface area contributed by atoms with Crippen LogP contribution in [0.15, 0.2) is 53.4 Å². The van der Waals surface area contributed by atoms with Crippen molar-refractivity contribution in [1.82, 2.24) is 0 Å². The van der Waals surface area contributed by atoms with Crippen LogP contribution < -0.4 is 0 Å². The fourth-order valence-electron chi connectivity index (χ4n) is 3.35. The molecule has 0 heterocycles. The number of rotatable bonds is 5. The van der Waals surface area contributed by atoms with E-state index in [9.17, 15) is 18.1 Å². The Hall–Kier alpha value is -1.94. The fourth-order valence-corrected chi connectivity index (χ4v) is 5.79. The fraction of sp³-hybridized carbons (Fsp3) is 0.278. The monoisotopic (exact) mass is 379 g/mol. The molecule has 0 radical (unpaired) electrons. The summed E-state index contributed by atoms with van der Waals surface area (Å²) >= 11 is 5.83. The molecule has 0 N–H and O–H groups in total. The van der Waals surface area contributed by atoms with Crippen LogP contribution in [0.4, 0.5) is 4.39 Å². The van der Waals surface area contributed by atoms with E-state index in [4.69, 9.17) is 16.3 Å². The zero-order valence-electron chi connectivity index (χ0n) is 13.3. The van der Waals surface area contributed by atoms with Crippen molar-refractivity contribution in [3.05, 3.63) is 64.9 Å². The lowest BCUT2D eigenvalue weighted by atomic mass is 10.0. The highest BCUT2D eigenvalue weighted by Crippen LogP contribution is 2.63. The van der Waals surface area contributed by atoms with Crippen LogP contribution in [0.3, 0.4) is 0 Å². The highest BCUT2D eigenvalue weighted by atomic mass is 35.5. The molecule has 0 aliphatic heterocycles. The molecule has 0 aromatic heterocycles. The highest BCUT2D eigenvalue weighted by molar-refractivity contribution is 7.92. The number of hydrogen-bond acceptors (Lipinski definition) is 4. The number of sulfone groups is 1. The van der Waals surface area contributed by atoms with E-state index in [1.165, 1.54) is 55.6 Å². The van der Waals surface area contributed by atoms with Crippen molar-refractivity contribution >= 4 is 21.4 Å². The molecule has 1 fully saturated rings. The maximum absolute atomic E-state index is 13.2. The molecule has 3 atom stereocenters. The third-order valence-corrected chi connectivity index (χ3v) is 7.10. The van der Waals surface area contributed by atoms with Crippen LogP contribution in [0.25, 0.3) is 0 Å². The predicted molar refractivity (Wildman–Crippen MR) is 91.5 cm³/mol. The van der Waals surface area contributed by atoms with E-state index in [2.05, 4.69) is 6.07 Å². The number of nitriles is 1. The van der Waals surface area contributed by atoms with Crippen LogP contribution in [0.5, 0.6) is 0 Å². The number of halogens is 2. The summed E-state index contributed by atoms with van der Waals surface area (Å²) in [6, 6.07) is 13.5. The maximum Gasteiger partial charge on any atom is 0.183 e. The summed E-state index contributed by atoms with van der Waals surface area (Å²) in [6.45, 7) is -0.0248. The van der Waals surface area contributed by atoms with Gasteiger partial charge in [0, 0.05) is 18.1 Å². The van der Waals surface area contributed by atoms with E-state index in [0.717, 1.165) is 0 Å². The van der Waals surface area contributed by atoms with Crippen molar-refractivity contribution in [1.29, 1.82) is 5.26 Å². The maximum atomic E-state index is 13.2. The van der Waals surface area contributed by atoms with E-state index in [1.807, 2.05) is 0 Å². The average molecular weight is 380 g/mol.